The van der Waals surface area contributed by atoms with Crippen molar-refractivity contribution >= 4 is 11.4 Å². The van der Waals surface area contributed by atoms with E-state index in [1.54, 1.807) is 31.4 Å². The van der Waals surface area contributed by atoms with Crippen LogP contribution in [0.4, 0.5) is 11.4 Å². The number of benzene rings is 2. The van der Waals surface area contributed by atoms with Crippen LogP contribution in [-0.4, -0.2) is 17.0 Å². The van der Waals surface area contributed by atoms with Crippen LogP contribution in [0.2, 0.25) is 0 Å². The van der Waals surface area contributed by atoms with Gasteiger partial charge in [0.05, 0.1) is 23.0 Å². The fourth-order valence-electron chi connectivity index (χ4n) is 1.77. The summed E-state index contributed by atoms with van der Waals surface area (Å²) in [6.45, 7) is 0.0998. The predicted molar refractivity (Wildman–Crippen MR) is 77.1 cm³/mol. The molecule has 0 saturated carbocycles. The topological polar surface area (TPSA) is 105 Å². The van der Waals surface area contributed by atoms with Gasteiger partial charge in [-0.25, -0.2) is 0 Å². The fourth-order valence-corrected chi connectivity index (χ4v) is 1.77. The van der Waals surface area contributed by atoms with Crippen LogP contribution in [-0.2, 0) is 6.61 Å². The third kappa shape index (κ3) is 3.48. The first-order chi connectivity index (χ1) is 10.5. The zero-order chi connectivity index (χ0) is 16.1. The van der Waals surface area contributed by atoms with Gasteiger partial charge in [-0.1, -0.05) is 12.1 Å². The van der Waals surface area contributed by atoms with E-state index in [4.69, 9.17) is 9.47 Å². The lowest BCUT2D eigenvalue weighted by atomic mass is 10.2. The van der Waals surface area contributed by atoms with Crippen molar-refractivity contribution in [2.45, 2.75) is 6.61 Å². The van der Waals surface area contributed by atoms with Crippen LogP contribution in [0.1, 0.15) is 5.56 Å². The van der Waals surface area contributed by atoms with E-state index in [0.717, 1.165) is 17.7 Å². The molecule has 0 amide bonds. The normalized spacial score (nSPS) is 10.0. The molecule has 0 N–H and O–H groups in total. The zero-order valence-corrected chi connectivity index (χ0v) is 11.6. The second-order valence-corrected chi connectivity index (χ2v) is 4.30. The summed E-state index contributed by atoms with van der Waals surface area (Å²) in [4.78, 5) is 20.2. The van der Waals surface area contributed by atoms with Crippen LogP contribution in [0.3, 0.4) is 0 Å². The Morgan fingerprint density at radius 3 is 2.23 bits per heavy atom. The monoisotopic (exact) mass is 304 g/mol. The zero-order valence-electron chi connectivity index (χ0n) is 11.6. The van der Waals surface area contributed by atoms with Gasteiger partial charge in [0.2, 0.25) is 0 Å². The maximum Gasteiger partial charge on any atom is 0.317 e. The molecular formula is C14H12N2O6. The lowest BCUT2D eigenvalue weighted by molar-refractivity contribution is -0.394. The Labute approximate surface area is 125 Å². The molecule has 0 bridgehead atoms. The second kappa shape index (κ2) is 6.53. The highest BCUT2D eigenvalue weighted by Crippen LogP contribution is 2.31. The molecule has 0 fully saturated rings. The summed E-state index contributed by atoms with van der Waals surface area (Å²) in [7, 11) is 1.55. The second-order valence-electron chi connectivity index (χ2n) is 4.30. The smallest absolute Gasteiger partial charge is 0.317 e. The van der Waals surface area contributed by atoms with Gasteiger partial charge >= 0.3 is 5.69 Å². The Bertz CT molecular complexity index is 699. The van der Waals surface area contributed by atoms with E-state index in [-0.39, 0.29) is 18.0 Å². The van der Waals surface area contributed by atoms with Gasteiger partial charge < -0.3 is 9.47 Å². The molecule has 8 nitrogen and oxygen atoms in total. The first-order valence-electron chi connectivity index (χ1n) is 6.20. The molecule has 0 aliphatic carbocycles. The van der Waals surface area contributed by atoms with E-state index < -0.39 is 15.5 Å². The van der Waals surface area contributed by atoms with Crippen molar-refractivity contribution in [3.8, 4) is 11.5 Å². The number of hydrogen-bond donors (Lipinski definition) is 0. The van der Waals surface area contributed by atoms with Crippen molar-refractivity contribution in [3.05, 3.63) is 68.3 Å². The number of methoxy groups -OCH3 is 1. The largest absolute Gasteiger partial charge is 0.497 e. The molecule has 0 saturated heterocycles. The standard InChI is InChI=1S/C14H12N2O6/c1-21-12-5-2-10(3-6-12)9-22-14-7-4-11(15(17)18)8-13(14)16(19)20/h2-8H,9H2,1H3. The summed E-state index contributed by atoms with van der Waals surface area (Å²) >= 11 is 0. The van der Waals surface area contributed by atoms with E-state index >= 15 is 0 Å². The minimum atomic E-state index is -0.712. The number of non-ortho nitro benzene ring substituents is 1. The van der Waals surface area contributed by atoms with Gasteiger partial charge in [-0.05, 0) is 23.8 Å². The van der Waals surface area contributed by atoms with E-state index in [9.17, 15) is 20.2 Å². The van der Waals surface area contributed by atoms with Crippen LogP contribution >= 0.6 is 0 Å². The van der Waals surface area contributed by atoms with Crippen LogP contribution in [0.25, 0.3) is 0 Å². The summed E-state index contributed by atoms with van der Waals surface area (Å²) in [5.74, 6) is 0.663. The number of nitrogens with zero attached hydrogens (tertiary/aromatic N) is 2. The minimum absolute atomic E-state index is 0.0218. The Balaban J connectivity index is 2.17. The van der Waals surface area contributed by atoms with E-state index in [1.165, 1.54) is 6.07 Å². The molecule has 2 aromatic carbocycles. The van der Waals surface area contributed by atoms with Gasteiger partial charge in [-0.2, -0.15) is 0 Å². The van der Waals surface area contributed by atoms with Crippen LogP contribution in [0, 0.1) is 20.2 Å². The summed E-state index contributed by atoms with van der Waals surface area (Å²) < 4.78 is 10.4. The Morgan fingerprint density at radius 2 is 1.68 bits per heavy atom. The highest BCUT2D eigenvalue weighted by atomic mass is 16.6. The lowest BCUT2D eigenvalue weighted by Crippen LogP contribution is -2.00. The van der Waals surface area contributed by atoms with E-state index in [1.807, 2.05) is 0 Å². The molecule has 0 aliphatic heterocycles. The number of nitro groups is 2. The highest BCUT2D eigenvalue weighted by molar-refractivity contribution is 5.53. The van der Waals surface area contributed by atoms with Crippen molar-refractivity contribution in [1.29, 1.82) is 0 Å². The molecule has 22 heavy (non-hydrogen) atoms. The average Bonchev–Trinajstić information content (AvgIpc) is 2.53. The third-order valence-electron chi connectivity index (χ3n) is 2.90. The highest BCUT2D eigenvalue weighted by Gasteiger charge is 2.20. The van der Waals surface area contributed by atoms with Crippen molar-refractivity contribution in [2.75, 3.05) is 7.11 Å². The SMILES string of the molecule is COc1ccc(COc2ccc([N+](=O)[O-])cc2[N+](=O)[O-])cc1. The fraction of sp³-hybridized carbons (Fsp3) is 0.143. The van der Waals surface area contributed by atoms with Gasteiger partial charge in [0.1, 0.15) is 12.4 Å². The van der Waals surface area contributed by atoms with Gasteiger partial charge in [-0.3, -0.25) is 20.2 Å². The quantitative estimate of drug-likeness (QED) is 0.599. The van der Waals surface area contributed by atoms with E-state index in [0.29, 0.717) is 5.75 Å². The Hall–Kier alpha value is -3.16. The van der Waals surface area contributed by atoms with E-state index in [2.05, 4.69) is 0 Å². The molecule has 2 rings (SSSR count). The van der Waals surface area contributed by atoms with Gasteiger partial charge in [0.25, 0.3) is 5.69 Å². The molecule has 2 aromatic rings. The van der Waals surface area contributed by atoms with Crippen molar-refractivity contribution < 1.29 is 19.3 Å². The molecule has 0 aromatic heterocycles. The number of ether oxygens (including phenoxy) is 2. The number of rotatable bonds is 6. The number of hydrogen-bond acceptors (Lipinski definition) is 6. The summed E-state index contributed by atoms with van der Waals surface area (Å²) in [5.41, 5.74) is -0.0142. The summed E-state index contributed by atoms with van der Waals surface area (Å²) in [5, 5.41) is 21.6. The van der Waals surface area contributed by atoms with Crippen molar-refractivity contribution in [1.82, 2.24) is 0 Å². The van der Waals surface area contributed by atoms with Gasteiger partial charge in [-0.15, -0.1) is 0 Å². The first-order valence-corrected chi connectivity index (χ1v) is 6.20. The molecule has 0 heterocycles. The van der Waals surface area contributed by atoms with Crippen molar-refractivity contribution in [2.24, 2.45) is 0 Å². The Kier molecular flexibility index (Phi) is 4.52. The maximum atomic E-state index is 11.0. The molecule has 8 heteroatoms. The minimum Gasteiger partial charge on any atom is -0.497 e. The molecule has 0 spiro atoms. The molecule has 0 aliphatic rings. The predicted octanol–water partition coefficient (Wildman–Crippen LogP) is 3.09. The van der Waals surface area contributed by atoms with Crippen LogP contribution < -0.4 is 9.47 Å². The van der Waals surface area contributed by atoms with Gasteiger partial charge in [0, 0.05) is 6.07 Å². The summed E-state index contributed by atoms with van der Waals surface area (Å²) in [6, 6.07) is 10.3. The van der Waals surface area contributed by atoms with Crippen LogP contribution in [0.5, 0.6) is 11.5 Å². The molecule has 0 unspecified atom stereocenters. The van der Waals surface area contributed by atoms with Crippen LogP contribution in [0.15, 0.2) is 42.5 Å². The third-order valence-corrected chi connectivity index (χ3v) is 2.90. The summed E-state index contributed by atoms with van der Waals surface area (Å²) in [6.07, 6.45) is 0. The maximum absolute atomic E-state index is 11.0. The van der Waals surface area contributed by atoms with Crippen molar-refractivity contribution in [3.63, 3.8) is 0 Å². The molecular weight excluding hydrogens is 292 g/mol. The average molecular weight is 304 g/mol. The lowest BCUT2D eigenvalue weighted by Gasteiger charge is -2.07. The molecule has 0 radical (unpaired) electrons. The molecule has 0 atom stereocenters. The number of nitro benzene ring substituents is 2. The van der Waals surface area contributed by atoms with Gasteiger partial charge in [0.15, 0.2) is 5.75 Å². The molecule has 114 valence electrons. The first kappa shape index (κ1) is 15.2. The Morgan fingerprint density at radius 1 is 1.00 bits per heavy atom.